The number of carboxylic acids is 1. The number of carbonyl (C=O) groups is 2. The fourth-order valence-electron chi connectivity index (χ4n) is 1.83. The number of aliphatic carboxylic acids is 1. The minimum atomic E-state index is -0.985. The molecule has 0 spiro atoms. The molecule has 0 aromatic heterocycles. The van der Waals surface area contributed by atoms with Gasteiger partial charge in [-0.1, -0.05) is 11.6 Å². The number of nitrogens with one attached hydrogen (secondary N) is 1. The summed E-state index contributed by atoms with van der Waals surface area (Å²) >= 11 is 9.71. The van der Waals surface area contributed by atoms with Gasteiger partial charge in [-0.15, -0.1) is 0 Å². The van der Waals surface area contributed by atoms with Gasteiger partial charge in [0, 0.05) is 21.6 Å². The standard InChI is InChI=1S/C12H12ClIN2O3S/c13-8-5-7(14)1-2-9(8)15-12(19)16-3-4-20-6-10(16)11(17)18/h1-2,5,10H,3-4,6H2,(H,15,19)(H,17,18). The molecule has 1 aliphatic heterocycles. The van der Waals surface area contributed by atoms with E-state index in [1.807, 2.05) is 6.07 Å². The average Bonchev–Trinajstić information content (AvgIpc) is 2.41. The molecular weight excluding hydrogens is 415 g/mol. The van der Waals surface area contributed by atoms with Crippen LogP contribution in [0.1, 0.15) is 0 Å². The predicted octanol–water partition coefficient (Wildman–Crippen LogP) is 2.98. The zero-order valence-electron chi connectivity index (χ0n) is 10.3. The van der Waals surface area contributed by atoms with Gasteiger partial charge in [-0.2, -0.15) is 11.8 Å². The second kappa shape index (κ2) is 6.86. The maximum atomic E-state index is 12.2. The lowest BCUT2D eigenvalue weighted by Gasteiger charge is -2.32. The van der Waals surface area contributed by atoms with Crippen molar-refractivity contribution >= 4 is 63.6 Å². The molecule has 1 unspecified atom stereocenters. The Hall–Kier alpha value is -0.670. The van der Waals surface area contributed by atoms with Gasteiger partial charge in [0.2, 0.25) is 0 Å². The lowest BCUT2D eigenvalue weighted by atomic mass is 10.3. The number of carbonyl (C=O) groups excluding carboxylic acids is 1. The summed E-state index contributed by atoms with van der Waals surface area (Å²) in [5.41, 5.74) is 0.486. The van der Waals surface area contributed by atoms with E-state index in [4.69, 9.17) is 16.7 Å². The molecule has 108 valence electrons. The van der Waals surface area contributed by atoms with E-state index in [1.165, 1.54) is 16.7 Å². The molecule has 1 atom stereocenters. The fourth-order valence-corrected chi connectivity index (χ4v) is 3.77. The number of hydrogen-bond donors (Lipinski definition) is 2. The van der Waals surface area contributed by atoms with Crippen LogP contribution in [0.25, 0.3) is 0 Å². The van der Waals surface area contributed by atoms with Crippen LogP contribution in [-0.2, 0) is 4.79 Å². The largest absolute Gasteiger partial charge is 0.480 e. The first-order valence-corrected chi connectivity index (χ1v) is 8.43. The van der Waals surface area contributed by atoms with E-state index >= 15 is 0 Å². The molecular formula is C12H12ClIN2O3S. The van der Waals surface area contributed by atoms with Crippen LogP contribution in [0, 0.1) is 3.57 Å². The average molecular weight is 427 g/mol. The molecule has 0 saturated carbocycles. The molecule has 1 aromatic rings. The van der Waals surface area contributed by atoms with Crippen LogP contribution in [-0.4, -0.2) is 46.1 Å². The van der Waals surface area contributed by atoms with Crippen molar-refractivity contribution in [1.29, 1.82) is 0 Å². The summed E-state index contributed by atoms with van der Waals surface area (Å²) in [6.45, 7) is 0.412. The Morgan fingerprint density at radius 3 is 2.90 bits per heavy atom. The van der Waals surface area contributed by atoms with E-state index in [9.17, 15) is 9.59 Å². The van der Waals surface area contributed by atoms with E-state index in [0.29, 0.717) is 23.0 Å². The third-order valence-electron chi connectivity index (χ3n) is 2.85. The van der Waals surface area contributed by atoms with E-state index in [2.05, 4.69) is 27.9 Å². The number of carboxylic acid groups (broad SMARTS) is 1. The lowest BCUT2D eigenvalue weighted by Crippen LogP contribution is -2.51. The van der Waals surface area contributed by atoms with Crippen molar-refractivity contribution in [3.8, 4) is 0 Å². The molecule has 0 radical (unpaired) electrons. The summed E-state index contributed by atoms with van der Waals surface area (Å²) in [7, 11) is 0. The van der Waals surface area contributed by atoms with Crippen molar-refractivity contribution in [2.45, 2.75) is 6.04 Å². The number of hydrogen-bond acceptors (Lipinski definition) is 3. The fraction of sp³-hybridized carbons (Fsp3) is 0.333. The van der Waals surface area contributed by atoms with Crippen LogP contribution in [0.15, 0.2) is 18.2 Å². The first-order valence-electron chi connectivity index (χ1n) is 5.82. The highest BCUT2D eigenvalue weighted by Gasteiger charge is 2.32. The number of benzene rings is 1. The molecule has 5 nitrogen and oxygen atoms in total. The van der Waals surface area contributed by atoms with Crippen molar-refractivity contribution in [3.05, 3.63) is 26.8 Å². The zero-order valence-corrected chi connectivity index (χ0v) is 14.0. The molecule has 1 aromatic carbocycles. The van der Waals surface area contributed by atoms with Crippen molar-refractivity contribution in [2.24, 2.45) is 0 Å². The monoisotopic (exact) mass is 426 g/mol. The maximum absolute atomic E-state index is 12.2. The molecule has 0 bridgehead atoms. The molecule has 20 heavy (non-hydrogen) atoms. The minimum Gasteiger partial charge on any atom is -0.480 e. The Morgan fingerprint density at radius 2 is 2.25 bits per heavy atom. The molecule has 2 rings (SSSR count). The summed E-state index contributed by atoms with van der Waals surface area (Å²) in [6, 6.07) is 4.04. The minimum absolute atomic E-state index is 0.406. The smallest absolute Gasteiger partial charge is 0.327 e. The van der Waals surface area contributed by atoms with Crippen LogP contribution in [0.3, 0.4) is 0 Å². The first-order chi connectivity index (χ1) is 9.49. The van der Waals surface area contributed by atoms with Gasteiger partial charge in [0.1, 0.15) is 6.04 Å². The number of amides is 2. The molecule has 1 saturated heterocycles. The third-order valence-corrected chi connectivity index (χ3v) is 4.85. The van der Waals surface area contributed by atoms with Gasteiger partial charge >= 0.3 is 12.0 Å². The van der Waals surface area contributed by atoms with Crippen molar-refractivity contribution in [2.75, 3.05) is 23.4 Å². The molecule has 8 heteroatoms. The van der Waals surface area contributed by atoms with Gasteiger partial charge in [-0.25, -0.2) is 9.59 Å². The highest BCUT2D eigenvalue weighted by Crippen LogP contribution is 2.25. The van der Waals surface area contributed by atoms with Crippen LogP contribution in [0.2, 0.25) is 5.02 Å². The predicted molar refractivity (Wildman–Crippen MR) is 88.6 cm³/mol. The first kappa shape index (κ1) is 15.7. The van der Waals surface area contributed by atoms with Gasteiger partial charge in [0.05, 0.1) is 10.7 Å². The quantitative estimate of drug-likeness (QED) is 0.714. The Bertz CT molecular complexity index is 543. The van der Waals surface area contributed by atoms with Gasteiger partial charge < -0.3 is 15.3 Å². The van der Waals surface area contributed by atoms with Crippen molar-refractivity contribution in [1.82, 2.24) is 4.90 Å². The molecule has 1 heterocycles. The van der Waals surface area contributed by atoms with Gasteiger partial charge in [-0.3, -0.25) is 0 Å². The normalized spacial score (nSPS) is 18.7. The van der Waals surface area contributed by atoms with Gasteiger partial charge in [-0.05, 0) is 40.8 Å². The van der Waals surface area contributed by atoms with Crippen LogP contribution in [0.5, 0.6) is 0 Å². The summed E-state index contributed by atoms with van der Waals surface area (Å²) in [4.78, 5) is 24.7. The molecule has 2 amide bonds. The number of rotatable bonds is 2. The zero-order chi connectivity index (χ0) is 14.7. The van der Waals surface area contributed by atoms with E-state index in [-0.39, 0.29) is 0 Å². The van der Waals surface area contributed by atoms with Crippen molar-refractivity contribution < 1.29 is 14.7 Å². The highest BCUT2D eigenvalue weighted by atomic mass is 127. The highest BCUT2D eigenvalue weighted by molar-refractivity contribution is 14.1. The van der Waals surface area contributed by atoms with Crippen LogP contribution >= 0.6 is 46.0 Å². The summed E-state index contributed by atoms with van der Waals surface area (Å²) in [5, 5.41) is 12.3. The van der Waals surface area contributed by atoms with Crippen molar-refractivity contribution in [3.63, 3.8) is 0 Å². The molecule has 0 aliphatic carbocycles. The molecule has 2 N–H and O–H groups in total. The van der Waals surface area contributed by atoms with Crippen LogP contribution in [0.4, 0.5) is 10.5 Å². The van der Waals surface area contributed by atoms with E-state index in [1.54, 1.807) is 12.1 Å². The summed E-state index contributed by atoms with van der Waals surface area (Å²) < 4.78 is 0.961. The molecule has 1 aliphatic rings. The number of thioether (sulfide) groups is 1. The third kappa shape index (κ3) is 3.70. The Balaban J connectivity index is 2.12. The lowest BCUT2D eigenvalue weighted by molar-refractivity contribution is -0.141. The Kier molecular flexibility index (Phi) is 5.39. The number of nitrogens with zero attached hydrogens (tertiary/aromatic N) is 1. The van der Waals surface area contributed by atoms with Crippen LogP contribution < -0.4 is 5.32 Å². The number of halogens is 2. The van der Waals surface area contributed by atoms with Gasteiger partial charge in [0.25, 0.3) is 0 Å². The Labute approximate surface area is 139 Å². The van der Waals surface area contributed by atoms with Gasteiger partial charge in [0.15, 0.2) is 0 Å². The number of anilines is 1. The summed E-state index contributed by atoms with van der Waals surface area (Å²) in [5.74, 6) is 0.155. The van der Waals surface area contributed by atoms with E-state index in [0.717, 1.165) is 9.32 Å². The van der Waals surface area contributed by atoms with E-state index < -0.39 is 18.0 Å². The second-order valence-corrected chi connectivity index (χ2v) is 6.98. The maximum Gasteiger partial charge on any atom is 0.327 e. The second-order valence-electron chi connectivity index (χ2n) is 4.18. The molecule has 1 fully saturated rings. The topological polar surface area (TPSA) is 69.6 Å². The summed E-state index contributed by atoms with van der Waals surface area (Å²) in [6.07, 6.45) is 0. The number of urea groups is 1. The SMILES string of the molecule is O=C(O)C1CSCCN1C(=O)Nc1ccc(I)cc1Cl. The Morgan fingerprint density at radius 1 is 1.50 bits per heavy atom.